The van der Waals surface area contributed by atoms with Crippen LogP contribution in [0.25, 0.3) is 0 Å². The van der Waals surface area contributed by atoms with Gasteiger partial charge in [-0.1, -0.05) is 11.6 Å². The second-order valence-corrected chi connectivity index (χ2v) is 4.58. The molecule has 0 unspecified atom stereocenters. The van der Waals surface area contributed by atoms with Crippen molar-refractivity contribution < 1.29 is 4.42 Å². The lowest BCUT2D eigenvalue weighted by atomic mass is 10.4. The molecule has 0 N–H and O–H groups in total. The minimum atomic E-state index is -0.155. The van der Waals surface area contributed by atoms with Crippen LogP contribution in [-0.4, -0.2) is 0 Å². The van der Waals surface area contributed by atoms with E-state index in [0.29, 0.717) is 16.5 Å². The summed E-state index contributed by atoms with van der Waals surface area (Å²) in [6, 6.07) is 11.4. The molecule has 1 aromatic carbocycles. The number of rotatable bonds is 3. The molecule has 4 heteroatoms. The Labute approximate surface area is 102 Å². The molecule has 0 aliphatic carbocycles. The first-order chi connectivity index (χ1) is 7.74. The van der Waals surface area contributed by atoms with Gasteiger partial charge in [0.05, 0.1) is 11.8 Å². The van der Waals surface area contributed by atoms with Gasteiger partial charge >= 0.3 is 0 Å². The van der Waals surface area contributed by atoms with Crippen LogP contribution in [0.3, 0.4) is 0 Å². The summed E-state index contributed by atoms with van der Waals surface area (Å²) >= 11 is 7.36. The molecular formula is C12H8ClO2S. The summed E-state index contributed by atoms with van der Waals surface area (Å²) in [5.41, 5.74) is -0.155. The van der Waals surface area contributed by atoms with Crippen LogP contribution in [0.5, 0.6) is 0 Å². The Morgan fingerprint density at radius 1 is 1.31 bits per heavy atom. The molecular weight excluding hydrogens is 244 g/mol. The van der Waals surface area contributed by atoms with E-state index in [1.54, 1.807) is 11.8 Å². The molecule has 81 valence electrons. The smallest absolute Gasteiger partial charge is 0.193 e. The van der Waals surface area contributed by atoms with Gasteiger partial charge in [-0.05, 0) is 24.3 Å². The van der Waals surface area contributed by atoms with Crippen LogP contribution in [0.2, 0.25) is 5.02 Å². The first kappa shape index (κ1) is 11.3. The minimum absolute atomic E-state index is 0.155. The van der Waals surface area contributed by atoms with Crippen molar-refractivity contribution in [2.75, 3.05) is 0 Å². The Balaban J connectivity index is 2.02. The summed E-state index contributed by atoms with van der Waals surface area (Å²) in [6.45, 7) is 0. The third kappa shape index (κ3) is 3.15. The van der Waals surface area contributed by atoms with Gasteiger partial charge in [-0.25, -0.2) is 0 Å². The van der Waals surface area contributed by atoms with Gasteiger partial charge in [0.1, 0.15) is 12.0 Å². The number of thioether (sulfide) groups is 1. The second kappa shape index (κ2) is 5.23. The molecule has 0 spiro atoms. The van der Waals surface area contributed by atoms with E-state index in [1.807, 2.05) is 24.3 Å². The molecule has 2 rings (SSSR count). The number of hydrogen-bond donors (Lipinski definition) is 0. The van der Waals surface area contributed by atoms with E-state index in [9.17, 15) is 4.79 Å². The van der Waals surface area contributed by atoms with Crippen LogP contribution in [0.4, 0.5) is 0 Å². The fourth-order valence-corrected chi connectivity index (χ4v) is 2.06. The van der Waals surface area contributed by atoms with Gasteiger partial charge in [0, 0.05) is 16.0 Å². The molecule has 0 fully saturated rings. The zero-order chi connectivity index (χ0) is 11.4. The van der Waals surface area contributed by atoms with Crippen molar-refractivity contribution in [3.63, 3.8) is 0 Å². The molecule has 0 atom stereocenters. The Bertz CT molecular complexity index is 519. The van der Waals surface area contributed by atoms with Crippen LogP contribution in [0.15, 0.2) is 50.7 Å². The lowest BCUT2D eigenvalue weighted by Crippen LogP contribution is -1.97. The SMILES string of the molecule is O=c1[c]coc(CSc2ccc(Cl)cc2)c1. The second-order valence-electron chi connectivity index (χ2n) is 3.10. The van der Waals surface area contributed by atoms with Crippen LogP contribution in [0.1, 0.15) is 5.76 Å². The average molecular weight is 252 g/mol. The monoisotopic (exact) mass is 251 g/mol. The summed E-state index contributed by atoms with van der Waals surface area (Å²) in [5, 5.41) is 0.713. The Kier molecular flexibility index (Phi) is 3.70. The Hall–Kier alpha value is -1.19. The predicted octanol–water partition coefficient (Wildman–Crippen LogP) is 3.39. The maximum absolute atomic E-state index is 11.0. The van der Waals surface area contributed by atoms with Gasteiger partial charge in [-0.2, -0.15) is 0 Å². The molecule has 0 aliphatic rings. The van der Waals surface area contributed by atoms with E-state index >= 15 is 0 Å². The van der Waals surface area contributed by atoms with Gasteiger partial charge in [0.15, 0.2) is 5.43 Å². The van der Waals surface area contributed by atoms with Gasteiger partial charge < -0.3 is 4.42 Å². The molecule has 16 heavy (non-hydrogen) atoms. The molecule has 1 radical (unpaired) electrons. The van der Waals surface area contributed by atoms with Crippen molar-refractivity contribution in [2.45, 2.75) is 10.6 Å². The summed E-state index contributed by atoms with van der Waals surface area (Å²) in [7, 11) is 0. The quantitative estimate of drug-likeness (QED) is 0.784. The molecule has 0 saturated carbocycles. The summed E-state index contributed by atoms with van der Waals surface area (Å²) < 4.78 is 5.15. The third-order valence-corrected chi connectivity index (χ3v) is 3.18. The normalized spacial score (nSPS) is 10.3. The van der Waals surface area contributed by atoms with E-state index < -0.39 is 0 Å². The highest BCUT2D eigenvalue weighted by Gasteiger charge is 1.99. The van der Waals surface area contributed by atoms with Crippen molar-refractivity contribution in [3.05, 3.63) is 63.7 Å². The van der Waals surface area contributed by atoms with Crippen LogP contribution >= 0.6 is 23.4 Å². The van der Waals surface area contributed by atoms with Gasteiger partial charge in [0.25, 0.3) is 0 Å². The molecule has 0 saturated heterocycles. The highest BCUT2D eigenvalue weighted by atomic mass is 35.5. The number of hydrogen-bond acceptors (Lipinski definition) is 3. The van der Waals surface area contributed by atoms with E-state index in [2.05, 4.69) is 6.07 Å². The summed E-state index contributed by atoms with van der Waals surface area (Å²) in [4.78, 5) is 12.1. The summed E-state index contributed by atoms with van der Waals surface area (Å²) in [6.07, 6.45) is 1.29. The predicted molar refractivity (Wildman–Crippen MR) is 64.8 cm³/mol. The number of benzene rings is 1. The Morgan fingerprint density at radius 3 is 2.75 bits per heavy atom. The number of halogens is 1. The topological polar surface area (TPSA) is 30.2 Å². The molecule has 0 aliphatic heterocycles. The molecule has 1 heterocycles. The molecule has 2 nitrogen and oxygen atoms in total. The van der Waals surface area contributed by atoms with Crippen molar-refractivity contribution in [3.8, 4) is 0 Å². The maximum Gasteiger partial charge on any atom is 0.193 e. The van der Waals surface area contributed by atoms with Crippen molar-refractivity contribution in [1.29, 1.82) is 0 Å². The van der Waals surface area contributed by atoms with Crippen molar-refractivity contribution >= 4 is 23.4 Å². The first-order valence-electron chi connectivity index (χ1n) is 4.62. The standard InChI is InChI=1S/C12H8ClO2S/c13-9-1-3-12(4-2-9)16-8-11-7-10(14)5-6-15-11/h1-4,6-7H,8H2. The fourth-order valence-electron chi connectivity index (χ4n) is 1.15. The van der Waals surface area contributed by atoms with Gasteiger partial charge in [-0.3, -0.25) is 4.79 Å². The molecule has 2 aromatic rings. The molecule has 0 amide bonds. The van der Waals surface area contributed by atoms with E-state index in [-0.39, 0.29) is 5.43 Å². The minimum Gasteiger partial charge on any atom is -0.468 e. The van der Waals surface area contributed by atoms with Crippen LogP contribution < -0.4 is 5.43 Å². The highest BCUT2D eigenvalue weighted by Crippen LogP contribution is 2.23. The average Bonchev–Trinajstić information content (AvgIpc) is 2.28. The van der Waals surface area contributed by atoms with Gasteiger partial charge in [-0.15, -0.1) is 11.8 Å². The summed E-state index contributed by atoms with van der Waals surface area (Å²) in [5.74, 6) is 1.26. The lowest BCUT2D eigenvalue weighted by Gasteiger charge is -2.00. The van der Waals surface area contributed by atoms with Gasteiger partial charge in [0.2, 0.25) is 0 Å². The van der Waals surface area contributed by atoms with E-state index in [4.69, 9.17) is 16.0 Å². The molecule has 1 aromatic heterocycles. The Morgan fingerprint density at radius 2 is 2.06 bits per heavy atom. The zero-order valence-corrected chi connectivity index (χ0v) is 9.85. The van der Waals surface area contributed by atoms with Crippen LogP contribution in [0, 0.1) is 6.07 Å². The van der Waals surface area contributed by atoms with E-state index in [0.717, 1.165) is 4.90 Å². The fraction of sp³-hybridized carbons (Fsp3) is 0.0833. The zero-order valence-electron chi connectivity index (χ0n) is 8.27. The molecule has 0 bridgehead atoms. The highest BCUT2D eigenvalue weighted by molar-refractivity contribution is 7.98. The van der Waals surface area contributed by atoms with Crippen molar-refractivity contribution in [2.24, 2.45) is 0 Å². The third-order valence-electron chi connectivity index (χ3n) is 1.90. The van der Waals surface area contributed by atoms with E-state index in [1.165, 1.54) is 12.3 Å². The van der Waals surface area contributed by atoms with Crippen molar-refractivity contribution in [1.82, 2.24) is 0 Å². The lowest BCUT2D eigenvalue weighted by molar-refractivity contribution is 0.509. The largest absolute Gasteiger partial charge is 0.468 e. The van der Waals surface area contributed by atoms with Crippen LogP contribution in [-0.2, 0) is 5.75 Å². The maximum atomic E-state index is 11.0. The first-order valence-corrected chi connectivity index (χ1v) is 5.98.